The monoisotopic (exact) mass is 280 g/mol. The molecule has 2 heteroatoms. The number of hydrogen-bond acceptors (Lipinski definition) is 1. The summed E-state index contributed by atoms with van der Waals surface area (Å²) in [5.74, 6) is 1.92. The van der Waals surface area contributed by atoms with Crippen LogP contribution in [-0.2, 0) is 6.42 Å². The molecule has 1 fully saturated rings. The Morgan fingerprint density at radius 1 is 1.16 bits per heavy atom. The third-order valence-corrected chi connectivity index (χ3v) is 5.20. The number of benzene rings is 1. The van der Waals surface area contributed by atoms with Gasteiger partial charge in [0, 0.05) is 11.4 Å². The van der Waals surface area contributed by atoms with E-state index in [1.54, 1.807) is 0 Å². The molecule has 1 nitrogen and oxygen atoms in total. The molecule has 1 aliphatic rings. The van der Waals surface area contributed by atoms with Gasteiger partial charge in [-0.15, -0.1) is 0 Å². The number of aliphatic hydroxyl groups is 1. The summed E-state index contributed by atoms with van der Waals surface area (Å²) in [5, 5.41) is 11.6. The zero-order chi connectivity index (χ0) is 14.0. The minimum atomic E-state index is -0.609. The highest BCUT2D eigenvalue weighted by atomic mass is 35.5. The number of rotatable bonds is 3. The van der Waals surface area contributed by atoms with Crippen molar-refractivity contribution in [3.63, 3.8) is 0 Å². The van der Waals surface area contributed by atoms with Gasteiger partial charge in [-0.1, -0.05) is 44.0 Å². The third kappa shape index (κ3) is 3.73. The van der Waals surface area contributed by atoms with E-state index in [0.29, 0.717) is 5.92 Å². The summed E-state index contributed by atoms with van der Waals surface area (Å²) >= 11 is 5.90. The fourth-order valence-electron chi connectivity index (χ4n) is 3.27. The Bertz CT molecular complexity index is 410. The molecule has 0 bridgehead atoms. The zero-order valence-corrected chi connectivity index (χ0v) is 13.0. The molecule has 1 aliphatic carbocycles. The quantitative estimate of drug-likeness (QED) is 0.850. The Balaban J connectivity index is 2.03. The first-order valence-corrected chi connectivity index (χ1v) is 7.73. The van der Waals surface area contributed by atoms with Gasteiger partial charge in [-0.25, -0.2) is 0 Å². The predicted molar refractivity (Wildman–Crippen MR) is 81.4 cm³/mol. The van der Waals surface area contributed by atoms with E-state index in [-0.39, 0.29) is 0 Å². The lowest BCUT2D eigenvalue weighted by Gasteiger charge is -2.40. The summed E-state index contributed by atoms with van der Waals surface area (Å²) in [6.45, 7) is 6.64. The van der Waals surface area contributed by atoms with Crippen molar-refractivity contribution in [3.8, 4) is 0 Å². The molecule has 4 atom stereocenters. The molecule has 4 unspecified atom stereocenters. The molecule has 0 saturated heterocycles. The van der Waals surface area contributed by atoms with Crippen LogP contribution in [0.1, 0.15) is 45.6 Å². The van der Waals surface area contributed by atoms with Gasteiger partial charge in [0.1, 0.15) is 0 Å². The second kappa shape index (κ2) is 5.85. The highest BCUT2D eigenvalue weighted by Gasteiger charge is 2.36. The van der Waals surface area contributed by atoms with Gasteiger partial charge in [0.15, 0.2) is 0 Å². The van der Waals surface area contributed by atoms with Crippen LogP contribution in [0.5, 0.6) is 0 Å². The summed E-state index contributed by atoms with van der Waals surface area (Å²) in [7, 11) is 0. The Morgan fingerprint density at radius 2 is 1.79 bits per heavy atom. The molecule has 0 amide bonds. The van der Waals surface area contributed by atoms with E-state index in [4.69, 9.17) is 11.6 Å². The van der Waals surface area contributed by atoms with E-state index in [9.17, 15) is 5.11 Å². The first-order chi connectivity index (χ1) is 8.88. The Morgan fingerprint density at radius 3 is 2.37 bits per heavy atom. The van der Waals surface area contributed by atoms with Crippen molar-refractivity contribution in [1.29, 1.82) is 0 Å². The normalized spacial score (nSPS) is 30.9. The second-order valence-corrected chi connectivity index (χ2v) is 7.06. The number of halogens is 1. The molecule has 0 radical (unpaired) electrons. The van der Waals surface area contributed by atoms with Crippen LogP contribution in [0.4, 0.5) is 0 Å². The minimum absolute atomic E-state index is 0.411. The third-order valence-electron chi connectivity index (χ3n) is 4.95. The summed E-state index contributed by atoms with van der Waals surface area (Å²) < 4.78 is 0. The lowest BCUT2D eigenvalue weighted by atomic mass is 9.68. The maximum absolute atomic E-state index is 10.8. The molecule has 19 heavy (non-hydrogen) atoms. The molecule has 0 aromatic heterocycles. The molecular weight excluding hydrogens is 256 g/mol. The Kier molecular flexibility index (Phi) is 4.58. The van der Waals surface area contributed by atoms with E-state index >= 15 is 0 Å². The molecule has 0 spiro atoms. The van der Waals surface area contributed by atoms with Crippen LogP contribution >= 0.6 is 11.6 Å². The van der Waals surface area contributed by atoms with Crippen molar-refractivity contribution in [2.24, 2.45) is 17.8 Å². The van der Waals surface area contributed by atoms with Crippen molar-refractivity contribution >= 4 is 11.6 Å². The molecular formula is C17H25ClO. The van der Waals surface area contributed by atoms with Gasteiger partial charge in [0.05, 0.1) is 5.60 Å². The highest BCUT2D eigenvalue weighted by molar-refractivity contribution is 6.30. The number of hydrogen-bond donors (Lipinski definition) is 1. The summed E-state index contributed by atoms with van der Waals surface area (Å²) in [4.78, 5) is 0. The minimum Gasteiger partial charge on any atom is -0.390 e. The molecule has 106 valence electrons. The largest absolute Gasteiger partial charge is 0.390 e. The molecule has 2 rings (SSSR count). The van der Waals surface area contributed by atoms with Gasteiger partial charge < -0.3 is 5.11 Å². The maximum atomic E-state index is 10.8. The lowest BCUT2D eigenvalue weighted by molar-refractivity contribution is -0.0315. The van der Waals surface area contributed by atoms with Gasteiger partial charge in [-0.05, 0) is 55.2 Å². The van der Waals surface area contributed by atoms with Crippen LogP contribution in [0.15, 0.2) is 24.3 Å². The molecule has 0 aliphatic heterocycles. The summed E-state index contributed by atoms with van der Waals surface area (Å²) in [5.41, 5.74) is 0.558. The van der Waals surface area contributed by atoms with Crippen LogP contribution in [0.2, 0.25) is 5.02 Å². The summed E-state index contributed by atoms with van der Waals surface area (Å²) in [6, 6.07) is 7.84. The van der Waals surface area contributed by atoms with Crippen LogP contribution in [0, 0.1) is 17.8 Å². The molecule has 1 aromatic rings. The van der Waals surface area contributed by atoms with Crippen molar-refractivity contribution in [2.45, 2.75) is 52.1 Å². The van der Waals surface area contributed by atoms with Crippen molar-refractivity contribution in [2.75, 3.05) is 0 Å². The van der Waals surface area contributed by atoms with E-state index in [0.717, 1.165) is 36.1 Å². The smallest absolute Gasteiger partial charge is 0.0688 e. The Labute approximate surface area is 122 Å². The highest BCUT2D eigenvalue weighted by Crippen LogP contribution is 2.40. The Hall–Kier alpha value is -0.530. The first-order valence-electron chi connectivity index (χ1n) is 7.35. The molecule has 1 saturated carbocycles. The van der Waals surface area contributed by atoms with Gasteiger partial charge in [-0.3, -0.25) is 0 Å². The van der Waals surface area contributed by atoms with E-state index in [1.807, 2.05) is 31.2 Å². The van der Waals surface area contributed by atoms with Crippen molar-refractivity contribution in [1.82, 2.24) is 0 Å². The fourth-order valence-corrected chi connectivity index (χ4v) is 3.40. The van der Waals surface area contributed by atoms with Crippen LogP contribution < -0.4 is 0 Å². The topological polar surface area (TPSA) is 20.2 Å². The van der Waals surface area contributed by atoms with E-state index in [2.05, 4.69) is 13.8 Å². The van der Waals surface area contributed by atoms with Gasteiger partial charge in [-0.2, -0.15) is 0 Å². The van der Waals surface area contributed by atoms with Crippen LogP contribution in [0.3, 0.4) is 0 Å². The van der Waals surface area contributed by atoms with Crippen LogP contribution in [-0.4, -0.2) is 10.7 Å². The van der Waals surface area contributed by atoms with Crippen LogP contribution in [0.25, 0.3) is 0 Å². The molecule has 1 aromatic carbocycles. The van der Waals surface area contributed by atoms with E-state index < -0.39 is 5.60 Å². The second-order valence-electron chi connectivity index (χ2n) is 6.62. The van der Waals surface area contributed by atoms with Gasteiger partial charge in [0.2, 0.25) is 0 Å². The van der Waals surface area contributed by atoms with Gasteiger partial charge >= 0.3 is 0 Å². The predicted octanol–water partition coefficient (Wildman–Crippen LogP) is 4.71. The average molecular weight is 281 g/mol. The summed E-state index contributed by atoms with van der Waals surface area (Å²) in [6.07, 6.45) is 4.24. The van der Waals surface area contributed by atoms with Crippen molar-refractivity contribution < 1.29 is 5.11 Å². The first kappa shape index (κ1) is 14.9. The van der Waals surface area contributed by atoms with Crippen molar-refractivity contribution in [3.05, 3.63) is 34.9 Å². The lowest BCUT2D eigenvalue weighted by Crippen LogP contribution is -2.40. The average Bonchev–Trinajstić information content (AvgIpc) is 2.35. The zero-order valence-electron chi connectivity index (χ0n) is 12.2. The molecule has 1 N–H and O–H groups in total. The fraction of sp³-hybridized carbons (Fsp3) is 0.647. The molecule has 0 heterocycles. The van der Waals surface area contributed by atoms with E-state index in [1.165, 1.54) is 12.0 Å². The van der Waals surface area contributed by atoms with Gasteiger partial charge in [0.25, 0.3) is 0 Å². The SMILES string of the molecule is CC1CCC(C(C)(O)Cc2ccc(Cl)cc2)CC1C. The standard InChI is InChI=1S/C17H25ClO/c1-12-4-7-15(10-13(12)2)17(3,19)11-14-5-8-16(18)9-6-14/h5-6,8-9,12-13,15,19H,4,7,10-11H2,1-3H3. The maximum Gasteiger partial charge on any atom is 0.0688 e.